The molecule has 0 amide bonds. The summed E-state index contributed by atoms with van der Waals surface area (Å²) >= 11 is 0. The molecular weight excluding hydrogens is 443 g/mol. The van der Waals surface area contributed by atoms with E-state index >= 15 is 0 Å². The number of halogens is 1. The van der Waals surface area contributed by atoms with Crippen LogP contribution in [0.25, 0.3) is 16.9 Å². The van der Waals surface area contributed by atoms with Gasteiger partial charge in [0.05, 0.1) is 18.0 Å². The number of nitrogens with one attached hydrogen (secondary N) is 2. The van der Waals surface area contributed by atoms with Crippen LogP contribution in [0.5, 0.6) is 0 Å². The Morgan fingerprint density at radius 1 is 1.06 bits per heavy atom. The Hall–Kier alpha value is -3.33. The molecule has 7 nitrogen and oxygen atoms in total. The van der Waals surface area contributed by atoms with Crippen molar-refractivity contribution >= 4 is 17.2 Å². The molecule has 0 aliphatic carbocycles. The Bertz CT molecular complexity index is 1360. The van der Waals surface area contributed by atoms with Crippen molar-refractivity contribution in [1.82, 2.24) is 24.6 Å². The molecule has 0 unspecified atom stereocenters. The Morgan fingerprint density at radius 3 is 2.69 bits per heavy atom. The first-order valence-corrected chi connectivity index (χ1v) is 12.2. The third-order valence-corrected chi connectivity index (χ3v) is 7.36. The summed E-state index contributed by atoms with van der Waals surface area (Å²) in [6.45, 7) is 5.56. The predicted octanol–water partition coefficient (Wildman–Crippen LogP) is 4.40. The number of likely N-dealkylation sites (tertiary alicyclic amines) is 1. The Labute approximate surface area is 203 Å². The smallest absolute Gasteiger partial charge is 0.140 e. The van der Waals surface area contributed by atoms with Crippen molar-refractivity contribution in [2.24, 2.45) is 0 Å². The molecule has 4 aromatic rings. The topological polar surface area (TPSA) is 77.7 Å². The molecule has 1 fully saturated rings. The monoisotopic (exact) mass is 472 g/mol. The van der Waals surface area contributed by atoms with E-state index in [0.717, 1.165) is 61.8 Å². The molecule has 35 heavy (non-hydrogen) atoms. The van der Waals surface area contributed by atoms with Crippen molar-refractivity contribution in [2.75, 3.05) is 18.4 Å². The number of benzene rings is 1. The highest BCUT2D eigenvalue weighted by Gasteiger charge is 2.23. The number of imidazole rings is 1. The van der Waals surface area contributed by atoms with Crippen LogP contribution < -0.4 is 10.6 Å². The van der Waals surface area contributed by atoms with Crippen LogP contribution in [0.4, 0.5) is 15.9 Å². The lowest BCUT2D eigenvalue weighted by molar-refractivity contribution is 0.0644. The van der Waals surface area contributed by atoms with E-state index in [1.165, 1.54) is 28.8 Å². The fourth-order valence-electron chi connectivity index (χ4n) is 5.27. The molecule has 3 aromatic heterocycles. The first-order valence-electron chi connectivity index (χ1n) is 12.2. The summed E-state index contributed by atoms with van der Waals surface area (Å²) < 4.78 is 15.5. The second kappa shape index (κ2) is 9.03. The number of rotatable bonds is 5. The third kappa shape index (κ3) is 4.18. The van der Waals surface area contributed by atoms with E-state index in [9.17, 15) is 9.50 Å². The average molecular weight is 473 g/mol. The largest absolute Gasteiger partial charge is 0.393 e. The zero-order chi connectivity index (χ0) is 23.9. The highest BCUT2D eigenvalue weighted by Crippen LogP contribution is 2.35. The number of piperidine rings is 1. The van der Waals surface area contributed by atoms with Crippen LogP contribution in [0.3, 0.4) is 0 Å². The van der Waals surface area contributed by atoms with Gasteiger partial charge >= 0.3 is 0 Å². The zero-order valence-corrected chi connectivity index (χ0v) is 19.7. The van der Waals surface area contributed by atoms with Gasteiger partial charge < -0.3 is 15.7 Å². The highest BCUT2D eigenvalue weighted by atomic mass is 19.1. The van der Waals surface area contributed by atoms with Gasteiger partial charge in [-0.15, -0.1) is 0 Å². The zero-order valence-electron chi connectivity index (χ0n) is 19.7. The fraction of sp³-hybridized carbons (Fsp3) is 0.333. The standard InChI is InChI=1S/C27H29FN6O/c1-17(33-9-7-20(35)8-10-33)18-2-5-26(30-13-18)32-24-4-3-21(22-14-29-15-23(22)24)25-16-31-27-12-19(28)6-11-34(25)27/h2-6,11-13,16-17,20,29,35H,7-10,14-15H2,1H3,(H,30,32)/t17-/m0/s1. The van der Waals surface area contributed by atoms with Crippen LogP contribution in [-0.2, 0) is 13.1 Å². The van der Waals surface area contributed by atoms with E-state index < -0.39 is 0 Å². The van der Waals surface area contributed by atoms with Gasteiger partial charge in [0.2, 0.25) is 0 Å². The van der Waals surface area contributed by atoms with Crippen LogP contribution in [0.2, 0.25) is 0 Å². The normalized spacial score (nSPS) is 17.6. The van der Waals surface area contributed by atoms with Crippen molar-refractivity contribution in [3.63, 3.8) is 0 Å². The SMILES string of the molecule is C[C@@H](c1ccc(Nc2ccc(-c3cnc4cc(F)ccn34)c3c2CNC3)nc1)N1CCC(O)CC1. The number of fused-ring (bicyclic) bond motifs is 2. The summed E-state index contributed by atoms with van der Waals surface area (Å²) in [5.41, 5.74) is 7.29. The lowest BCUT2D eigenvalue weighted by Gasteiger charge is -2.34. The molecule has 1 saturated heterocycles. The van der Waals surface area contributed by atoms with Gasteiger partial charge in [-0.1, -0.05) is 12.1 Å². The number of aliphatic hydroxyl groups excluding tert-OH is 1. The average Bonchev–Trinajstić information content (AvgIpc) is 3.53. The van der Waals surface area contributed by atoms with E-state index in [2.05, 4.69) is 45.6 Å². The minimum Gasteiger partial charge on any atom is -0.393 e. The quantitative estimate of drug-likeness (QED) is 0.400. The highest BCUT2D eigenvalue weighted by molar-refractivity contribution is 5.75. The van der Waals surface area contributed by atoms with E-state index in [-0.39, 0.29) is 18.0 Å². The van der Waals surface area contributed by atoms with Gasteiger partial charge in [-0.3, -0.25) is 9.30 Å². The van der Waals surface area contributed by atoms with Gasteiger partial charge in [-0.2, -0.15) is 0 Å². The molecule has 0 saturated carbocycles. The van der Waals surface area contributed by atoms with Gasteiger partial charge in [-0.05, 0) is 54.7 Å². The molecule has 8 heteroatoms. The number of aliphatic hydroxyl groups is 1. The van der Waals surface area contributed by atoms with Crippen LogP contribution in [-0.4, -0.2) is 43.6 Å². The molecule has 0 radical (unpaired) electrons. The van der Waals surface area contributed by atoms with E-state index in [0.29, 0.717) is 5.65 Å². The second-order valence-electron chi connectivity index (χ2n) is 9.48. The molecule has 180 valence electrons. The first-order chi connectivity index (χ1) is 17.1. The number of aromatic nitrogens is 3. The van der Waals surface area contributed by atoms with E-state index in [1.807, 2.05) is 16.7 Å². The minimum atomic E-state index is -0.288. The molecule has 5 heterocycles. The van der Waals surface area contributed by atoms with E-state index in [1.54, 1.807) is 12.4 Å². The van der Waals surface area contributed by atoms with E-state index in [4.69, 9.17) is 4.98 Å². The van der Waals surface area contributed by atoms with Crippen molar-refractivity contribution in [1.29, 1.82) is 0 Å². The van der Waals surface area contributed by atoms with Gasteiger partial charge in [0.1, 0.15) is 17.3 Å². The predicted molar refractivity (Wildman–Crippen MR) is 134 cm³/mol. The fourth-order valence-corrected chi connectivity index (χ4v) is 5.27. The molecule has 1 atom stereocenters. The lowest BCUT2D eigenvalue weighted by Crippen LogP contribution is -2.37. The van der Waals surface area contributed by atoms with Crippen molar-refractivity contribution in [3.8, 4) is 11.3 Å². The van der Waals surface area contributed by atoms with Gasteiger partial charge in [-0.25, -0.2) is 14.4 Å². The Morgan fingerprint density at radius 2 is 1.89 bits per heavy atom. The lowest BCUT2D eigenvalue weighted by atomic mass is 9.99. The minimum absolute atomic E-state index is 0.165. The molecule has 2 aliphatic heterocycles. The molecule has 3 N–H and O–H groups in total. The first kappa shape index (κ1) is 22.2. The summed E-state index contributed by atoms with van der Waals surface area (Å²) in [5, 5.41) is 16.7. The maximum Gasteiger partial charge on any atom is 0.140 e. The van der Waals surface area contributed by atoms with Crippen LogP contribution >= 0.6 is 0 Å². The van der Waals surface area contributed by atoms with Crippen molar-refractivity contribution < 1.29 is 9.50 Å². The molecule has 0 spiro atoms. The van der Waals surface area contributed by atoms with Crippen molar-refractivity contribution in [2.45, 2.75) is 45.0 Å². The second-order valence-corrected chi connectivity index (χ2v) is 9.48. The summed E-state index contributed by atoms with van der Waals surface area (Å²) in [7, 11) is 0. The summed E-state index contributed by atoms with van der Waals surface area (Å²) in [6.07, 6.45) is 6.98. The Balaban J connectivity index is 1.24. The number of hydrogen-bond donors (Lipinski definition) is 3. The van der Waals surface area contributed by atoms with Crippen LogP contribution in [0.1, 0.15) is 42.5 Å². The van der Waals surface area contributed by atoms with Gasteiger partial charge in [0.25, 0.3) is 0 Å². The van der Waals surface area contributed by atoms with Crippen LogP contribution in [0, 0.1) is 5.82 Å². The summed E-state index contributed by atoms with van der Waals surface area (Å²) in [6, 6.07) is 11.5. The molecule has 2 aliphatic rings. The van der Waals surface area contributed by atoms with Gasteiger partial charge in [0.15, 0.2) is 0 Å². The molecule has 0 bridgehead atoms. The summed E-state index contributed by atoms with van der Waals surface area (Å²) in [5.74, 6) is 0.519. The number of anilines is 2. The number of hydrogen-bond acceptors (Lipinski definition) is 6. The number of nitrogens with zero attached hydrogens (tertiary/aromatic N) is 4. The third-order valence-electron chi connectivity index (χ3n) is 7.36. The molecule has 1 aromatic carbocycles. The maximum atomic E-state index is 13.6. The molecular formula is C27H29FN6O. The van der Waals surface area contributed by atoms with Crippen LogP contribution in [0.15, 0.2) is 55.0 Å². The molecule has 6 rings (SSSR count). The Kier molecular flexibility index (Phi) is 5.72. The van der Waals surface area contributed by atoms with Gasteiger partial charge in [0, 0.05) is 61.9 Å². The number of pyridine rings is 2. The van der Waals surface area contributed by atoms with Crippen molar-refractivity contribution in [3.05, 3.63) is 77.5 Å². The summed E-state index contributed by atoms with van der Waals surface area (Å²) in [4.78, 5) is 11.5. The maximum absolute atomic E-state index is 13.6.